The molecule has 2 fully saturated rings. The van der Waals surface area contributed by atoms with Gasteiger partial charge < -0.3 is 23.9 Å². The summed E-state index contributed by atoms with van der Waals surface area (Å²) in [6, 6.07) is 11.0. The molecule has 3 heterocycles. The molecule has 2 aromatic rings. The van der Waals surface area contributed by atoms with Crippen molar-refractivity contribution >= 4 is 5.91 Å². The molecule has 1 aromatic carbocycles. The highest BCUT2D eigenvalue weighted by atomic mass is 16.6. The Bertz CT molecular complexity index is 820. The van der Waals surface area contributed by atoms with Crippen molar-refractivity contribution in [3.05, 3.63) is 47.7 Å². The van der Waals surface area contributed by atoms with Crippen molar-refractivity contribution in [3.8, 4) is 11.7 Å². The summed E-state index contributed by atoms with van der Waals surface area (Å²) >= 11 is 0. The number of carbonyl (C=O) groups excluding carboxylic acids is 1. The van der Waals surface area contributed by atoms with Crippen LogP contribution in [0, 0.1) is 12.3 Å². The third-order valence-electron chi connectivity index (χ3n) is 5.88. The number of rotatable bonds is 7. The molecule has 0 bridgehead atoms. The first-order valence-electron chi connectivity index (χ1n) is 10.6. The highest BCUT2D eigenvalue weighted by molar-refractivity contribution is 5.91. The topological polar surface area (TPSA) is 73.2 Å². The molecule has 0 aliphatic carbocycles. The number of furan rings is 1. The zero-order valence-electron chi connectivity index (χ0n) is 17.5. The summed E-state index contributed by atoms with van der Waals surface area (Å²) in [7, 11) is 0. The number of benzene rings is 1. The maximum Gasteiger partial charge on any atom is 0.290 e. The second-order valence-electron chi connectivity index (χ2n) is 8.22. The molecule has 4 rings (SSSR count). The fourth-order valence-electron chi connectivity index (χ4n) is 4.00. The third kappa shape index (κ3) is 5.41. The molecule has 162 valence electrons. The Balaban J connectivity index is 1.35. The number of hydrogen-bond acceptors (Lipinski definition) is 6. The van der Waals surface area contributed by atoms with Crippen molar-refractivity contribution in [2.24, 2.45) is 5.41 Å². The highest BCUT2D eigenvalue weighted by Crippen LogP contribution is 2.31. The maximum absolute atomic E-state index is 12.7. The lowest BCUT2D eigenvalue weighted by molar-refractivity contribution is -0.0283. The molecule has 1 amide bonds. The van der Waals surface area contributed by atoms with Crippen molar-refractivity contribution < 1.29 is 23.4 Å². The highest BCUT2D eigenvalue weighted by Gasteiger charge is 2.35. The smallest absolute Gasteiger partial charge is 0.290 e. The van der Waals surface area contributed by atoms with E-state index in [1.54, 1.807) is 12.1 Å². The minimum atomic E-state index is -0.221. The predicted octanol–water partition coefficient (Wildman–Crippen LogP) is 3.24. The Morgan fingerprint density at radius 1 is 1.03 bits per heavy atom. The first-order chi connectivity index (χ1) is 14.6. The van der Waals surface area contributed by atoms with Crippen LogP contribution in [0.25, 0.3) is 0 Å². The van der Waals surface area contributed by atoms with Gasteiger partial charge in [-0.25, -0.2) is 0 Å². The molecule has 7 heteroatoms. The predicted molar refractivity (Wildman–Crippen MR) is 112 cm³/mol. The lowest BCUT2D eigenvalue weighted by Gasteiger charge is -2.42. The largest absolute Gasteiger partial charge is 0.426 e. The normalized spacial score (nSPS) is 19.4. The number of morpholine rings is 1. The van der Waals surface area contributed by atoms with Gasteiger partial charge in [0.25, 0.3) is 11.9 Å². The Morgan fingerprint density at radius 3 is 2.47 bits per heavy atom. The fraction of sp³-hybridized carbons (Fsp3) is 0.522. The lowest BCUT2D eigenvalue weighted by atomic mass is 9.79. The van der Waals surface area contributed by atoms with E-state index in [1.807, 2.05) is 31.2 Å². The summed E-state index contributed by atoms with van der Waals surface area (Å²) in [5.41, 5.74) is 1.17. The van der Waals surface area contributed by atoms with Crippen molar-refractivity contribution in [2.75, 3.05) is 52.6 Å². The zero-order valence-corrected chi connectivity index (χ0v) is 17.5. The third-order valence-corrected chi connectivity index (χ3v) is 5.88. The molecular formula is C23H30N2O5. The molecule has 0 spiro atoms. The van der Waals surface area contributed by atoms with Gasteiger partial charge in [0.1, 0.15) is 5.75 Å². The molecule has 2 saturated heterocycles. The Labute approximate surface area is 177 Å². The Kier molecular flexibility index (Phi) is 6.72. The maximum atomic E-state index is 12.7. The van der Waals surface area contributed by atoms with Crippen molar-refractivity contribution in [1.29, 1.82) is 0 Å². The van der Waals surface area contributed by atoms with Crippen LogP contribution >= 0.6 is 0 Å². The standard InChI is InChI=1S/C23H30N2O5/c1-18-2-4-19(5-3-18)29-21-7-6-20(30-21)22(26)24-16-23(8-12-27-13-9-23)17-25-10-14-28-15-11-25/h2-7H,8-17H2,1H3,(H,24,26). The van der Waals surface area contributed by atoms with Crippen LogP contribution < -0.4 is 10.1 Å². The van der Waals surface area contributed by atoms with Gasteiger partial charge in [0.15, 0.2) is 5.76 Å². The van der Waals surface area contributed by atoms with Gasteiger partial charge in [-0.3, -0.25) is 9.69 Å². The molecule has 0 radical (unpaired) electrons. The molecular weight excluding hydrogens is 384 g/mol. The number of carbonyl (C=O) groups is 1. The lowest BCUT2D eigenvalue weighted by Crippen LogP contribution is -2.50. The molecule has 30 heavy (non-hydrogen) atoms. The van der Waals surface area contributed by atoms with Crippen molar-refractivity contribution in [3.63, 3.8) is 0 Å². The molecule has 1 aromatic heterocycles. The van der Waals surface area contributed by atoms with Crippen LogP contribution in [0.1, 0.15) is 29.0 Å². The van der Waals surface area contributed by atoms with Gasteiger partial charge in [0.05, 0.1) is 13.2 Å². The molecule has 2 aliphatic heterocycles. The molecule has 1 N–H and O–H groups in total. The number of amides is 1. The van der Waals surface area contributed by atoms with Gasteiger partial charge in [-0.05, 0) is 38.0 Å². The molecule has 0 atom stereocenters. The van der Waals surface area contributed by atoms with Crippen molar-refractivity contribution in [1.82, 2.24) is 10.2 Å². The minimum absolute atomic E-state index is 0.0130. The van der Waals surface area contributed by atoms with Gasteiger partial charge in [-0.1, -0.05) is 17.7 Å². The van der Waals surface area contributed by atoms with Crippen LogP contribution in [-0.4, -0.2) is 63.4 Å². The van der Waals surface area contributed by atoms with Crippen LogP contribution in [0.4, 0.5) is 0 Å². The molecule has 2 aliphatic rings. The van der Waals surface area contributed by atoms with Gasteiger partial charge in [0.2, 0.25) is 0 Å². The van der Waals surface area contributed by atoms with Gasteiger partial charge in [-0.15, -0.1) is 0 Å². The minimum Gasteiger partial charge on any atom is -0.426 e. The summed E-state index contributed by atoms with van der Waals surface area (Å²) in [5.74, 6) is 1.01. The molecule has 0 saturated carbocycles. The summed E-state index contributed by atoms with van der Waals surface area (Å²) in [6.45, 7) is 8.45. The fourth-order valence-corrected chi connectivity index (χ4v) is 4.00. The average molecular weight is 415 g/mol. The Morgan fingerprint density at radius 2 is 1.73 bits per heavy atom. The first-order valence-corrected chi connectivity index (χ1v) is 10.6. The van der Waals surface area contributed by atoms with E-state index in [2.05, 4.69) is 10.2 Å². The molecule has 7 nitrogen and oxygen atoms in total. The van der Waals surface area contributed by atoms with E-state index < -0.39 is 0 Å². The number of aryl methyl sites for hydroxylation is 1. The van der Waals surface area contributed by atoms with Crippen LogP contribution in [0.15, 0.2) is 40.8 Å². The van der Waals surface area contributed by atoms with E-state index in [9.17, 15) is 4.79 Å². The summed E-state index contributed by atoms with van der Waals surface area (Å²) in [4.78, 5) is 15.1. The first kappa shape index (κ1) is 20.9. The van der Waals surface area contributed by atoms with Gasteiger partial charge in [-0.2, -0.15) is 0 Å². The van der Waals surface area contributed by atoms with Crippen LogP contribution in [0.2, 0.25) is 0 Å². The SMILES string of the molecule is Cc1ccc(Oc2ccc(C(=O)NCC3(CN4CCOCC4)CCOCC3)o2)cc1. The average Bonchev–Trinajstić information content (AvgIpc) is 3.24. The second kappa shape index (κ2) is 9.64. The van der Waals surface area contributed by atoms with E-state index in [1.165, 1.54) is 0 Å². The summed E-state index contributed by atoms with van der Waals surface area (Å²) < 4.78 is 22.4. The van der Waals surface area contributed by atoms with E-state index in [4.69, 9.17) is 18.6 Å². The number of nitrogens with zero attached hydrogens (tertiary/aromatic N) is 1. The molecule has 0 unspecified atom stereocenters. The van der Waals surface area contributed by atoms with Gasteiger partial charge in [0, 0.05) is 50.9 Å². The Hall–Kier alpha value is -2.35. The van der Waals surface area contributed by atoms with E-state index in [0.717, 1.165) is 64.5 Å². The van der Waals surface area contributed by atoms with Crippen LogP contribution in [0.5, 0.6) is 11.7 Å². The monoisotopic (exact) mass is 414 g/mol. The van der Waals surface area contributed by atoms with E-state index in [-0.39, 0.29) is 17.1 Å². The van der Waals surface area contributed by atoms with Crippen LogP contribution in [-0.2, 0) is 9.47 Å². The van der Waals surface area contributed by atoms with Crippen LogP contribution in [0.3, 0.4) is 0 Å². The van der Waals surface area contributed by atoms with Crippen molar-refractivity contribution in [2.45, 2.75) is 19.8 Å². The van der Waals surface area contributed by atoms with E-state index in [0.29, 0.717) is 18.2 Å². The number of nitrogens with one attached hydrogen (secondary N) is 1. The van der Waals surface area contributed by atoms with E-state index >= 15 is 0 Å². The number of hydrogen-bond donors (Lipinski definition) is 1. The summed E-state index contributed by atoms with van der Waals surface area (Å²) in [5, 5.41) is 3.08. The zero-order chi connectivity index (χ0) is 20.8. The summed E-state index contributed by atoms with van der Waals surface area (Å²) in [6.07, 6.45) is 1.87. The quantitative estimate of drug-likeness (QED) is 0.750. The van der Waals surface area contributed by atoms with Gasteiger partial charge >= 0.3 is 0 Å². The second-order valence-corrected chi connectivity index (χ2v) is 8.22. The number of ether oxygens (including phenoxy) is 3.